The first-order valence-corrected chi connectivity index (χ1v) is 10.1. The van der Waals surface area contributed by atoms with Gasteiger partial charge in [-0.1, -0.05) is 41.9 Å². The molecule has 4 rings (SSSR count). The Labute approximate surface area is 147 Å². The lowest BCUT2D eigenvalue weighted by Crippen LogP contribution is -2.57. The lowest BCUT2D eigenvalue weighted by atomic mass is 9.45. The first kappa shape index (κ1) is 16.6. The van der Waals surface area contributed by atoms with E-state index < -0.39 is 0 Å². The maximum Gasteiger partial charge on any atom is 0.0724 e. The summed E-state index contributed by atoms with van der Waals surface area (Å²) in [5, 5.41) is 31.7. The molecule has 10 atom stereocenters. The van der Waals surface area contributed by atoms with Crippen LogP contribution < -0.4 is 0 Å². The van der Waals surface area contributed by atoms with E-state index in [0.29, 0.717) is 17.8 Å². The van der Waals surface area contributed by atoms with E-state index in [-0.39, 0.29) is 39.9 Å². The number of alkyl halides is 1. The van der Waals surface area contributed by atoms with Gasteiger partial charge in [0.25, 0.3) is 0 Å². The number of allylic oxidation sites excluding steroid dienone is 1. The van der Waals surface area contributed by atoms with Crippen molar-refractivity contribution in [2.24, 2.45) is 34.5 Å². The standard InChI is InChI=1S/C19H29BrO3/c1-18-5-3-11(21)7-10(18)8-15(22)16-12(18)4-6-19(2)13(16)9-14(20)17(19)23/h3,5,10-17,21-23H,4,6-9H2,1-2H3/t10?,11?,12-,13+,14?,15?,16-,17?,18+,19+/m1/s1. The summed E-state index contributed by atoms with van der Waals surface area (Å²) in [5.74, 6) is 1.48. The molecule has 3 saturated carbocycles. The van der Waals surface area contributed by atoms with Crippen molar-refractivity contribution >= 4 is 15.9 Å². The van der Waals surface area contributed by atoms with Crippen LogP contribution in [0.1, 0.15) is 46.0 Å². The van der Waals surface area contributed by atoms with Gasteiger partial charge in [0.15, 0.2) is 0 Å². The molecule has 5 unspecified atom stereocenters. The predicted octanol–water partition coefficient (Wildman–Crippen LogP) is 2.87. The highest BCUT2D eigenvalue weighted by atomic mass is 79.9. The molecule has 0 spiro atoms. The third-order valence-electron chi connectivity index (χ3n) is 8.12. The molecule has 0 heterocycles. The van der Waals surface area contributed by atoms with Gasteiger partial charge in [0, 0.05) is 4.83 Å². The summed E-state index contributed by atoms with van der Waals surface area (Å²) in [5.41, 5.74) is 0.0111. The van der Waals surface area contributed by atoms with Crippen LogP contribution in [0.25, 0.3) is 0 Å². The van der Waals surface area contributed by atoms with Crippen LogP contribution in [0.5, 0.6) is 0 Å². The fourth-order valence-corrected chi connectivity index (χ4v) is 7.71. The summed E-state index contributed by atoms with van der Waals surface area (Å²) in [7, 11) is 0. The fraction of sp³-hybridized carbons (Fsp3) is 0.895. The molecule has 4 aliphatic rings. The van der Waals surface area contributed by atoms with E-state index in [1.54, 1.807) is 0 Å². The average molecular weight is 385 g/mol. The van der Waals surface area contributed by atoms with Gasteiger partial charge in [0.05, 0.1) is 18.3 Å². The van der Waals surface area contributed by atoms with E-state index in [2.05, 4.69) is 35.9 Å². The predicted molar refractivity (Wildman–Crippen MR) is 93.1 cm³/mol. The van der Waals surface area contributed by atoms with E-state index in [1.165, 1.54) is 0 Å². The van der Waals surface area contributed by atoms with Gasteiger partial charge in [0.2, 0.25) is 0 Å². The third-order valence-corrected chi connectivity index (χ3v) is 8.99. The van der Waals surface area contributed by atoms with Crippen molar-refractivity contribution < 1.29 is 15.3 Å². The van der Waals surface area contributed by atoms with Crippen molar-refractivity contribution in [1.82, 2.24) is 0 Å². The van der Waals surface area contributed by atoms with Crippen molar-refractivity contribution in [3.8, 4) is 0 Å². The van der Waals surface area contributed by atoms with Crippen LogP contribution in [0.2, 0.25) is 0 Å². The lowest BCUT2D eigenvalue weighted by Gasteiger charge is -2.60. The summed E-state index contributed by atoms with van der Waals surface area (Å²) in [6.45, 7) is 4.56. The Morgan fingerprint density at radius 2 is 1.78 bits per heavy atom. The van der Waals surface area contributed by atoms with Crippen LogP contribution in [-0.4, -0.2) is 38.5 Å². The Bertz CT molecular complexity index is 523. The molecule has 130 valence electrons. The fourth-order valence-electron chi connectivity index (χ4n) is 6.71. The molecule has 0 bridgehead atoms. The minimum atomic E-state index is -0.356. The van der Waals surface area contributed by atoms with Crippen molar-refractivity contribution in [1.29, 1.82) is 0 Å². The minimum Gasteiger partial charge on any atom is -0.393 e. The molecular formula is C19H29BrO3. The van der Waals surface area contributed by atoms with E-state index in [0.717, 1.165) is 32.1 Å². The second-order valence-corrected chi connectivity index (χ2v) is 10.2. The van der Waals surface area contributed by atoms with Gasteiger partial charge >= 0.3 is 0 Å². The van der Waals surface area contributed by atoms with Gasteiger partial charge < -0.3 is 15.3 Å². The van der Waals surface area contributed by atoms with Crippen molar-refractivity contribution in [2.75, 3.05) is 0 Å². The molecule has 0 amide bonds. The maximum atomic E-state index is 11.0. The highest BCUT2D eigenvalue weighted by Gasteiger charge is 2.63. The molecule has 0 aromatic heterocycles. The van der Waals surface area contributed by atoms with Gasteiger partial charge in [-0.05, 0) is 66.6 Å². The monoisotopic (exact) mass is 384 g/mol. The quantitative estimate of drug-likeness (QED) is 0.444. The molecule has 0 saturated heterocycles. The number of hydrogen-bond acceptors (Lipinski definition) is 3. The SMILES string of the molecule is C[C@]12C=CC(O)CC1CC(O)[C@@H]1[C@H]2CC[C@]2(C)C(O)C(Br)C[C@@H]12. The normalized spacial score (nSPS) is 61.7. The zero-order chi connectivity index (χ0) is 16.6. The largest absolute Gasteiger partial charge is 0.393 e. The smallest absolute Gasteiger partial charge is 0.0724 e. The molecule has 0 radical (unpaired) electrons. The summed E-state index contributed by atoms with van der Waals surface area (Å²) in [6.07, 6.45) is 7.88. The molecule has 23 heavy (non-hydrogen) atoms. The average Bonchev–Trinajstić information content (AvgIpc) is 2.73. The highest BCUT2D eigenvalue weighted by molar-refractivity contribution is 9.09. The molecule has 3 fully saturated rings. The van der Waals surface area contributed by atoms with Gasteiger partial charge in [0.1, 0.15) is 0 Å². The molecule has 3 N–H and O–H groups in total. The van der Waals surface area contributed by atoms with Crippen LogP contribution in [0, 0.1) is 34.5 Å². The zero-order valence-corrected chi connectivity index (χ0v) is 15.6. The van der Waals surface area contributed by atoms with E-state index in [9.17, 15) is 15.3 Å². The molecule has 3 nitrogen and oxygen atoms in total. The molecule has 4 aliphatic carbocycles. The number of hydrogen-bond donors (Lipinski definition) is 3. The van der Waals surface area contributed by atoms with E-state index in [4.69, 9.17) is 0 Å². The van der Waals surface area contributed by atoms with Crippen molar-refractivity contribution in [3.05, 3.63) is 12.2 Å². The van der Waals surface area contributed by atoms with Crippen LogP contribution in [0.3, 0.4) is 0 Å². The van der Waals surface area contributed by atoms with Gasteiger partial charge in [-0.3, -0.25) is 0 Å². The molecule has 0 aromatic carbocycles. The topological polar surface area (TPSA) is 60.7 Å². The number of fused-ring (bicyclic) bond motifs is 5. The summed E-state index contributed by atoms with van der Waals surface area (Å²) >= 11 is 3.68. The summed E-state index contributed by atoms with van der Waals surface area (Å²) < 4.78 is 0. The first-order valence-electron chi connectivity index (χ1n) is 9.15. The molecule has 0 aromatic rings. The van der Waals surface area contributed by atoms with Crippen molar-refractivity contribution in [3.63, 3.8) is 0 Å². The van der Waals surface area contributed by atoms with Crippen LogP contribution in [0.15, 0.2) is 12.2 Å². The van der Waals surface area contributed by atoms with E-state index in [1.807, 2.05) is 6.08 Å². The number of rotatable bonds is 0. The summed E-state index contributed by atoms with van der Waals surface area (Å²) in [6, 6.07) is 0. The number of halogens is 1. The van der Waals surface area contributed by atoms with Crippen LogP contribution >= 0.6 is 15.9 Å². The Balaban J connectivity index is 1.72. The molecule has 4 heteroatoms. The minimum absolute atomic E-state index is 0.0720. The zero-order valence-electron chi connectivity index (χ0n) is 14.0. The van der Waals surface area contributed by atoms with Crippen LogP contribution in [-0.2, 0) is 0 Å². The Hall–Kier alpha value is 0.100. The third kappa shape index (κ3) is 2.17. The Morgan fingerprint density at radius 1 is 1.04 bits per heavy atom. The second-order valence-electron chi connectivity index (χ2n) is 9.06. The van der Waals surface area contributed by atoms with Crippen LogP contribution in [0.4, 0.5) is 0 Å². The van der Waals surface area contributed by atoms with E-state index >= 15 is 0 Å². The highest BCUT2D eigenvalue weighted by Crippen LogP contribution is 2.65. The van der Waals surface area contributed by atoms with Gasteiger partial charge in [-0.25, -0.2) is 0 Å². The first-order chi connectivity index (χ1) is 10.8. The second kappa shape index (κ2) is 5.30. The van der Waals surface area contributed by atoms with Crippen molar-refractivity contribution in [2.45, 2.75) is 69.1 Å². The maximum absolute atomic E-state index is 11.0. The van der Waals surface area contributed by atoms with Gasteiger partial charge in [-0.15, -0.1) is 0 Å². The Kier molecular flexibility index (Phi) is 3.81. The number of aliphatic hydroxyl groups excluding tert-OH is 3. The molecule has 0 aliphatic heterocycles. The Morgan fingerprint density at radius 3 is 2.52 bits per heavy atom. The summed E-state index contributed by atoms with van der Waals surface area (Å²) in [4.78, 5) is 0.151. The number of aliphatic hydroxyl groups is 3. The lowest BCUT2D eigenvalue weighted by molar-refractivity contribution is -0.150. The molecular weight excluding hydrogens is 356 g/mol. The van der Waals surface area contributed by atoms with Gasteiger partial charge in [-0.2, -0.15) is 0 Å².